The molecule has 0 bridgehead atoms. The van der Waals surface area contributed by atoms with Crippen molar-refractivity contribution in [1.29, 1.82) is 0 Å². The number of halogens is 1. The second kappa shape index (κ2) is 4.40. The van der Waals surface area contributed by atoms with E-state index >= 15 is 0 Å². The second-order valence-corrected chi connectivity index (χ2v) is 3.75. The zero-order valence-electron chi connectivity index (χ0n) is 8.40. The molecule has 0 atom stereocenters. The Balaban J connectivity index is 3.35. The van der Waals surface area contributed by atoms with Gasteiger partial charge < -0.3 is 15.9 Å². The molecule has 0 spiro atoms. The van der Waals surface area contributed by atoms with Crippen LogP contribution >= 0.6 is 11.6 Å². The van der Waals surface area contributed by atoms with Crippen LogP contribution in [0.25, 0.3) is 0 Å². The number of benzene rings is 1. The monoisotopic (exact) mass is 243 g/mol. The predicted molar refractivity (Wildman–Crippen MR) is 58.6 cm³/mol. The number of hydrogen-bond acceptors (Lipinski definition) is 3. The summed E-state index contributed by atoms with van der Waals surface area (Å²) in [7, 11) is 0. The lowest BCUT2D eigenvalue weighted by Crippen LogP contribution is -2.21. The van der Waals surface area contributed by atoms with E-state index in [9.17, 15) is 9.59 Å². The number of nitrogens with two attached hydrogens (primary N) is 1. The van der Waals surface area contributed by atoms with Gasteiger partial charge >= 0.3 is 11.9 Å². The Kier molecular flexibility index (Phi) is 3.39. The topological polar surface area (TPSA) is 101 Å². The minimum atomic E-state index is -1.70. The third kappa shape index (κ3) is 2.25. The maximum atomic E-state index is 10.8. The van der Waals surface area contributed by atoms with Crippen molar-refractivity contribution in [3.05, 3.63) is 28.3 Å². The summed E-state index contributed by atoms with van der Waals surface area (Å²) in [6.45, 7) is 1.70. The minimum Gasteiger partial charge on any atom is -0.480 e. The molecule has 6 heteroatoms. The Morgan fingerprint density at radius 3 is 2.25 bits per heavy atom. The second-order valence-electron chi connectivity index (χ2n) is 3.34. The molecular formula is C10H10ClNO4. The van der Waals surface area contributed by atoms with E-state index in [1.165, 1.54) is 12.1 Å². The Hall–Kier alpha value is -1.75. The van der Waals surface area contributed by atoms with Crippen LogP contribution in [-0.2, 0) is 9.59 Å². The van der Waals surface area contributed by atoms with Crippen molar-refractivity contribution in [2.45, 2.75) is 12.8 Å². The Morgan fingerprint density at radius 2 is 1.81 bits per heavy atom. The lowest BCUT2D eigenvalue weighted by molar-refractivity contribution is -0.150. The van der Waals surface area contributed by atoms with E-state index in [1.807, 2.05) is 0 Å². The number of nitrogen functional groups attached to an aromatic ring is 1. The highest BCUT2D eigenvalue weighted by atomic mass is 35.5. The molecule has 0 amide bonds. The Morgan fingerprint density at radius 1 is 1.31 bits per heavy atom. The van der Waals surface area contributed by atoms with Gasteiger partial charge in [-0.3, -0.25) is 9.59 Å². The summed E-state index contributed by atoms with van der Waals surface area (Å²) in [4.78, 5) is 21.6. The van der Waals surface area contributed by atoms with E-state index in [1.54, 1.807) is 6.92 Å². The van der Waals surface area contributed by atoms with E-state index in [0.717, 1.165) is 0 Å². The molecule has 0 radical (unpaired) electrons. The number of carboxylic acids is 2. The van der Waals surface area contributed by atoms with Crippen LogP contribution in [0.4, 0.5) is 5.69 Å². The van der Waals surface area contributed by atoms with Crippen molar-refractivity contribution in [2.75, 3.05) is 5.73 Å². The SMILES string of the molecule is Cc1cc(Cl)c(C(C(=O)O)C(=O)O)cc1N. The first kappa shape index (κ1) is 12.3. The molecule has 0 aliphatic heterocycles. The zero-order chi connectivity index (χ0) is 12.5. The van der Waals surface area contributed by atoms with Gasteiger partial charge in [-0.15, -0.1) is 0 Å². The van der Waals surface area contributed by atoms with E-state index < -0.39 is 17.9 Å². The summed E-state index contributed by atoms with van der Waals surface area (Å²) in [5.74, 6) is -4.65. The van der Waals surface area contributed by atoms with Crippen LogP contribution in [0, 0.1) is 6.92 Å². The van der Waals surface area contributed by atoms with Crippen molar-refractivity contribution in [3.8, 4) is 0 Å². The van der Waals surface area contributed by atoms with Crippen molar-refractivity contribution in [1.82, 2.24) is 0 Å². The quantitative estimate of drug-likeness (QED) is 0.551. The first-order valence-electron chi connectivity index (χ1n) is 4.35. The van der Waals surface area contributed by atoms with Gasteiger partial charge in [0, 0.05) is 10.7 Å². The van der Waals surface area contributed by atoms with Gasteiger partial charge in [0.1, 0.15) is 0 Å². The summed E-state index contributed by atoms with van der Waals surface area (Å²) in [6.07, 6.45) is 0. The normalized spacial score (nSPS) is 10.4. The highest BCUT2D eigenvalue weighted by molar-refractivity contribution is 6.32. The highest BCUT2D eigenvalue weighted by Crippen LogP contribution is 2.29. The largest absolute Gasteiger partial charge is 0.480 e. The van der Waals surface area contributed by atoms with Crippen LogP contribution in [-0.4, -0.2) is 22.2 Å². The summed E-state index contributed by atoms with van der Waals surface area (Å²) >= 11 is 5.80. The van der Waals surface area contributed by atoms with Gasteiger partial charge in [0.25, 0.3) is 0 Å². The van der Waals surface area contributed by atoms with Gasteiger partial charge in [0.15, 0.2) is 5.92 Å². The van der Waals surface area contributed by atoms with Gasteiger partial charge in [-0.2, -0.15) is 0 Å². The molecule has 1 aromatic carbocycles. The highest BCUT2D eigenvalue weighted by Gasteiger charge is 2.30. The molecule has 0 saturated heterocycles. The molecule has 0 aliphatic rings. The van der Waals surface area contributed by atoms with E-state index in [4.69, 9.17) is 27.5 Å². The number of carboxylic acid groups (broad SMARTS) is 2. The van der Waals surface area contributed by atoms with Gasteiger partial charge in [-0.1, -0.05) is 11.6 Å². The molecular weight excluding hydrogens is 234 g/mol. The van der Waals surface area contributed by atoms with Crippen LogP contribution < -0.4 is 5.73 Å². The Labute approximate surface area is 96.4 Å². The number of aryl methyl sites for hydroxylation is 1. The van der Waals surface area contributed by atoms with Crippen LogP contribution in [0.15, 0.2) is 12.1 Å². The molecule has 0 saturated carbocycles. The van der Waals surface area contributed by atoms with Crippen LogP contribution in [0.1, 0.15) is 17.0 Å². The zero-order valence-corrected chi connectivity index (χ0v) is 9.15. The fourth-order valence-corrected chi connectivity index (χ4v) is 1.63. The maximum Gasteiger partial charge on any atom is 0.322 e. The Bertz CT molecular complexity index is 444. The van der Waals surface area contributed by atoms with Gasteiger partial charge in [0.2, 0.25) is 0 Å². The van der Waals surface area contributed by atoms with Gasteiger partial charge in [-0.05, 0) is 30.2 Å². The predicted octanol–water partition coefficient (Wildman–Crippen LogP) is 1.48. The van der Waals surface area contributed by atoms with Crippen molar-refractivity contribution in [2.24, 2.45) is 0 Å². The van der Waals surface area contributed by atoms with Gasteiger partial charge in [0.05, 0.1) is 0 Å². The molecule has 0 unspecified atom stereocenters. The first-order chi connectivity index (χ1) is 7.34. The molecule has 4 N–H and O–H groups in total. The third-order valence-electron chi connectivity index (χ3n) is 2.19. The summed E-state index contributed by atoms with van der Waals surface area (Å²) in [5, 5.41) is 17.7. The number of carbonyl (C=O) groups is 2. The van der Waals surface area contributed by atoms with Gasteiger partial charge in [-0.25, -0.2) is 0 Å². The number of aliphatic carboxylic acids is 2. The van der Waals surface area contributed by atoms with Crippen LogP contribution in [0.2, 0.25) is 5.02 Å². The fourth-order valence-electron chi connectivity index (χ4n) is 1.30. The fraction of sp³-hybridized carbons (Fsp3) is 0.200. The summed E-state index contributed by atoms with van der Waals surface area (Å²) in [6, 6.07) is 2.73. The lowest BCUT2D eigenvalue weighted by atomic mass is 9.97. The van der Waals surface area contributed by atoms with E-state index in [0.29, 0.717) is 11.3 Å². The molecule has 0 fully saturated rings. The molecule has 86 valence electrons. The minimum absolute atomic E-state index is 0.00948. The van der Waals surface area contributed by atoms with Crippen molar-refractivity contribution < 1.29 is 19.8 Å². The van der Waals surface area contributed by atoms with Crippen LogP contribution in [0.3, 0.4) is 0 Å². The van der Waals surface area contributed by atoms with Crippen LogP contribution in [0.5, 0.6) is 0 Å². The van der Waals surface area contributed by atoms with Crippen molar-refractivity contribution >= 4 is 29.2 Å². The molecule has 1 aromatic rings. The molecule has 0 aromatic heterocycles. The number of hydrogen-bond donors (Lipinski definition) is 3. The summed E-state index contributed by atoms with van der Waals surface area (Å²) < 4.78 is 0. The van der Waals surface area contributed by atoms with Crippen molar-refractivity contribution in [3.63, 3.8) is 0 Å². The average molecular weight is 244 g/mol. The maximum absolute atomic E-state index is 10.8. The lowest BCUT2D eigenvalue weighted by Gasteiger charge is -2.12. The average Bonchev–Trinajstić information content (AvgIpc) is 2.12. The number of rotatable bonds is 3. The first-order valence-corrected chi connectivity index (χ1v) is 4.73. The molecule has 0 aliphatic carbocycles. The third-order valence-corrected chi connectivity index (χ3v) is 2.52. The number of anilines is 1. The molecule has 0 heterocycles. The van der Waals surface area contributed by atoms with E-state index in [-0.39, 0.29) is 10.6 Å². The standard InChI is InChI=1S/C10H10ClNO4/c1-4-2-6(11)5(3-7(4)12)8(9(13)14)10(15)16/h2-3,8H,12H2,1H3,(H,13,14)(H,15,16). The summed E-state index contributed by atoms with van der Waals surface area (Å²) in [5.41, 5.74) is 6.56. The van der Waals surface area contributed by atoms with E-state index in [2.05, 4.69) is 0 Å². The molecule has 16 heavy (non-hydrogen) atoms. The molecule has 1 rings (SSSR count). The molecule has 5 nitrogen and oxygen atoms in total. The smallest absolute Gasteiger partial charge is 0.322 e.